The van der Waals surface area contributed by atoms with E-state index in [0.29, 0.717) is 42.3 Å². The van der Waals surface area contributed by atoms with E-state index in [1.165, 1.54) is 23.9 Å². The van der Waals surface area contributed by atoms with Gasteiger partial charge in [-0.3, -0.25) is 0 Å². The minimum atomic E-state index is -1.03. The molecule has 1 aliphatic heterocycles. The Bertz CT molecular complexity index is 930. The summed E-state index contributed by atoms with van der Waals surface area (Å²) in [5.41, 5.74) is 4.50. The number of carbonyl (C=O) groups excluding carboxylic acids is 1. The van der Waals surface area contributed by atoms with Crippen molar-refractivity contribution < 1.29 is 14.6 Å². The minimum Gasteiger partial charge on any atom is -0.480 e. The summed E-state index contributed by atoms with van der Waals surface area (Å²) in [6.07, 6.45) is 0.537. The third kappa shape index (κ3) is 5.10. The Morgan fingerprint density at radius 1 is 1.13 bits per heavy atom. The van der Waals surface area contributed by atoms with E-state index in [4.69, 9.17) is 4.74 Å². The predicted octanol–water partition coefficient (Wildman–Crippen LogP) is 3.99. The average molecular weight is 427 g/mol. The maximum absolute atomic E-state index is 13.0. The largest absolute Gasteiger partial charge is 0.480 e. The van der Waals surface area contributed by atoms with Crippen LogP contribution in [0.15, 0.2) is 24.3 Å². The number of rotatable bonds is 5. The fourth-order valence-corrected chi connectivity index (χ4v) is 4.06. The molecule has 1 saturated heterocycles. The molecule has 1 fully saturated rings. The molecule has 0 saturated carbocycles. The monoisotopic (exact) mass is 426 g/mol. The standard InChI is InChI=1S/C24H34N4O3/c1-7-24(5,30)20-15-21(22(31-6)25-18(20)4)26-23(29)28-10-8-27(9-11-28)19-13-16(2)12-17(3)14-19/h12-15,30H,7-11H2,1-6H3,(H,26,29). The van der Waals surface area contributed by atoms with Gasteiger partial charge in [-0.2, -0.15) is 0 Å². The van der Waals surface area contributed by atoms with Crippen LogP contribution in [0.5, 0.6) is 5.88 Å². The van der Waals surface area contributed by atoms with Gasteiger partial charge in [0.2, 0.25) is 5.88 Å². The molecule has 2 heterocycles. The molecule has 7 heteroatoms. The highest BCUT2D eigenvalue weighted by atomic mass is 16.5. The second-order valence-electron chi connectivity index (χ2n) is 8.56. The lowest BCUT2D eigenvalue weighted by atomic mass is 9.92. The number of anilines is 2. The van der Waals surface area contributed by atoms with E-state index in [-0.39, 0.29) is 6.03 Å². The van der Waals surface area contributed by atoms with Crippen LogP contribution in [0.3, 0.4) is 0 Å². The molecule has 1 atom stereocenters. The van der Waals surface area contributed by atoms with Crippen LogP contribution in [0.4, 0.5) is 16.2 Å². The molecule has 1 unspecified atom stereocenters. The van der Waals surface area contributed by atoms with Gasteiger partial charge in [-0.1, -0.05) is 13.0 Å². The van der Waals surface area contributed by atoms with Crippen molar-refractivity contribution in [1.29, 1.82) is 0 Å². The Hall–Kier alpha value is -2.80. The summed E-state index contributed by atoms with van der Waals surface area (Å²) in [5, 5.41) is 13.7. The number of amides is 2. The zero-order valence-corrected chi connectivity index (χ0v) is 19.5. The van der Waals surface area contributed by atoms with Crippen LogP contribution >= 0.6 is 0 Å². The van der Waals surface area contributed by atoms with E-state index in [0.717, 1.165) is 13.1 Å². The highest BCUT2D eigenvalue weighted by Gasteiger charge is 2.27. The van der Waals surface area contributed by atoms with Gasteiger partial charge in [0.25, 0.3) is 0 Å². The van der Waals surface area contributed by atoms with Gasteiger partial charge in [0.1, 0.15) is 5.69 Å². The molecule has 7 nitrogen and oxygen atoms in total. The van der Waals surface area contributed by atoms with Crippen molar-refractivity contribution in [3.8, 4) is 5.88 Å². The lowest BCUT2D eigenvalue weighted by molar-refractivity contribution is 0.0520. The van der Waals surface area contributed by atoms with E-state index >= 15 is 0 Å². The molecule has 3 rings (SSSR count). The maximum Gasteiger partial charge on any atom is 0.322 e. The third-order valence-corrected chi connectivity index (χ3v) is 6.02. The summed E-state index contributed by atoms with van der Waals surface area (Å²) in [6, 6.07) is 8.12. The Balaban J connectivity index is 1.71. The molecular weight excluding hydrogens is 392 g/mol. The fourth-order valence-electron chi connectivity index (χ4n) is 4.06. The Morgan fingerprint density at radius 2 is 1.74 bits per heavy atom. The molecule has 2 amide bonds. The van der Waals surface area contributed by atoms with Crippen LogP contribution < -0.4 is 15.0 Å². The lowest BCUT2D eigenvalue weighted by Gasteiger charge is -2.36. The van der Waals surface area contributed by atoms with Gasteiger partial charge >= 0.3 is 6.03 Å². The van der Waals surface area contributed by atoms with Crippen LogP contribution in [-0.4, -0.2) is 54.3 Å². The Morgan fingerprint density at radius 3 is 2.29 bits per heavy atom. The first kappa shape index (κ1) is 22.9. The number of piperazine rings is 1. The second kappa shape index (κ2) is 9.14. The first-order valence-corrected chi connectivity index (χ1v) is 10.8. The molecule has 2 aromatic rings. The van der Waals surface area contributed by atoms with Crippen molar-refractivity contribution >= 4 is 17.4 Å². The smallest absolute Gasteiger partial charge is 0.322 e. The number of ether oxygens (including phenoxy) is 1. The van der Waals surface area contributed by atoms with E-state index in [9.17, 15) is 9.90 Å². The Kier molecular flexibility index (Phi) is 6.74. The van der Waals surface area contributed by atoms with Crippen LogP contribution in [0.2, 0.25) is 0 Å². The van der Waals surface area contributed by atoms with E-state index < -0.39 is 5.60 Å². The summed E-state index contributed by atoms with van der Waals surface area (Å²) in [6.45, 7) is 12.5. The van der Waals surface area contributed by atoms with Gasteiger partial charge in [-0.25, -0.2) is 9.78 Å². The van der Waals surface area contributed by atoms with Crippen molar-refractivity contribution in [3.05, 3.63) is 46.6 Å². The topological polar surface area (TPSA) is 77.9 Å². The molecule has 0 aliphatic carbocycles. The number of aromatic nitrogens is 1. The fraction of sp³-hybridized carbons (Fsp3) is 0.500. The van der Waals surface area contributed by atoms with Gasteiger partial charge in [0.15, 0.2) is 0 Å². The molecule has 0 radical (unpaired) electrons. The molecule has 0 bridgehead atoms. The molecule has 168 valence electrons. The molecule has 1 aromatic heterocycles. The number of hydrogen-bond donors (Lipinski definition) is 2. The SMILES string of the molecule is CCC(C)(O)c1cc(NC(=O)N2CCN(c3cc(C)cc(C)c3)CC2)c(OC)nc1C. The van der Waals surface area contributed by atoms with Crippen molar-refractivity contribution in [2.24, 2.45) is 0 Å². The van der Waals surface area contributed by atoms with Crippen LogP contribution in [0, 0.1) is 20.8 Å². The number of carbonyl (C=O) groups is 1. The lowest BCUT2D eigenvalue weighted by Crippen LogP contribution is -2.50. The highest BCUT2D eigenvalue weighted by Crippen LogP contribution is 2.33. The molecule has 1 aromatic carbocycles. The molecule has 2 N–H and O–H groups in total. The van der Waals surface area contributed by atoms with Crippen molar-refractivity contribution in [3.63, 3.8) is 0 Å². The predicted molar refractivity (Wildman–Crippen MR) is 124 cm³/mol. The number of nitrogens with one attached hydrogen (secondary N) is 1. The normalized spacial score (nSPS) is 16.1. The first-order valence-electron chi connectivity index (χ1n) is 10.8. The van der Waals surface area contributed by atoms with Crippen molar-refractivity contribution in [2.75, 3.05) is 43.5 Å². The molecule has 31 heavy (non-hydrogen) atoms. The number of aryl methyl sites for hydroxylation is 3. The Labute approximate surface area is 185 Å². The third-order valence-electron chi connectivity index (χ3n) is 6.02. The maximum atomic E-state index is 13.0. The van der Waals surface area contributed by atoms with Crippen LogP contribution in [0.1, 0.15) is 42.7 Å². The zero-order chi connectivity index (χ0) is 22.8. The number of urea groups is 1. The second-order valence-corrected chi connectivity index (χ2v) is 8.56. The number of hydrogen-bond acceptors (Lipinski definition) is 5. The van der Waals surface area contributed by atoms with Gasteiger partial charge in [-0.15, -0.1) is 0 Å². The number of aliphatic hydroxyl groups is 1. The number of pyridine rings is 1. The van der Waals surface area contributed by atoms with Crippen LogP contribution in [0.25, 0.3) is 0 Å². The van der Waals surface area contributed by atoms with E-state index in [1.54, 1.807) is 17.9 Å². The van der Waals surface area contributed by atoms with Gasteiger partial charge in [0, 0.05) is 43.1 Å². The minimum absolute atomic E-state index is 0.189. The quantitative estimate of drug-likeness (QED) is 0.756. The number of benzene rings is 1. The summed E-state index contributed by atoms with van der Waals surface area (Å²) >= 11 is 0. The van der Waals surface area contributed by atoms with Crippen molar-refractivity contribution in [2.45, 2.75) is 46.6 Å². The first-order chi connectivity index (χ1) is 14.6. The van der Waals surface area contributed by atoms with Crippen molar-refractivity contribution in [1.82, 2.24) is 9.88 Å². The summed E-state index contributed by atoms with van der Waals surface area (Å²) < 4.78 is 5.38. The number of methoxy groups -OCH3 is 1. The van der Waals surface area contributed by atoms with Gasteiger partial charge in [0.05, 0.1) is 12.7 Å². The van der Waals surface area contributed by atoms with E-state index in [1.807, 2.05) is 13.8 Å². The molecule has 1 aliphatic rings. The molecule has 0 spiro atoms. The highest BCUT2D eigenvalue weighted by molar-refractivity contribution is 5.91. The summed E-state index contributed by atoms with van der Waals surface area (Å²) in [4.78, 5) is 21.5. The van der Waals surface area contributed by atoms with E-state index in [2.05, 4.69) is 47.2 Å². The van der Waals surface area contributed by atoms with Gasteiger partial charge < -0.3 is 25.0 Å². The molecular formula is C24H34N4O3. The summed E-state index contributed by atoms with van der Waals surface area (Å²) in [7, 11) is 1.53. The zero-order valence-electron chi connectivity index (χ0n) is 19.5. The number of nitrogens with zero attached hydrogens (tertiary/aromatic N) is 3. The van der Waals surface area contributed by atoms with Gasteiger partial charge in [-0.05, 0) is 63.4 Å². The van der Waals surface area contributed by atoms with Crippen LogP contribution in [-0.2, 0) is 5.60 Å². The average Bonchev–Trinajstić information content (AvgIpc) is 2.73. The summed E-state index contributed by atoms with van der Waals surface area (Å²) in [5.74, 6) is 0.343.